The van der Waals surface area contributed by atoms with Crippen molar-refractivity contribution in [2.45, 2.75) is 6.10 Å². The molecular formula is C17H21FN4O2. The van der Waals surface area contributed by atoms with Gasteiger partial charge in [-0.25, -0.2) is 9.37 Å². The Morgan fingerprint density at radius 2 is 2.25 bits per heavy atom. The molecule has 0 radical (unpaired) electrons. The van der Waals surface area contributed by atoms with Crippen LogP contribution in [0.2, 0.25) is 0 Å². The van der Waals surface area contributed by atoms with E-state index < -0.39 is 0 Å². The van der Waals surface area contributed by atoms with Gasteiger partial charge >= 0.3 is 0 Å². The van der Waals surface area contributed by atoms with E-state index in [4.69, 9.17) is 10.5 Å². The monoisotopic (exact) mass is 332 g/mol. The molecule has 2 N–H and O–H groups in total. The molecule has 2 aromatic rings. The standard InChI is InChI=1S/C17H21FN4O2/c1-21(11-16(19)23)9-14-10-22(6-7-24-14)17-5-3-12-2-4-13(18)8-15(12)20-17/h2-5,8,14H,6-7,9-11H2,1H3,(H2,19,23)/t14-/m1/s1. The second-order valence-corrected chi connectivity index (χ2v) is 6.11. The summed E-state index contributed by atoms with van der Waals surface area (Å²) in [6, 6.07) is 8.49. The molecule has 1 amide bonds. The highest BCUT2D eigenvalue weighted by molar-refractivity contribution is 5.80. The number of anilines is 1. The van der Waals surface area contributed by atoms with Gasteiger partial charge in [-0.05, 0) is 31.3 Å². The van der Waals surface area contributed by atoms with Gasteiger partial charge in [0.15, 0.2) is 0 Å². The van der Waals surface area contributed by atoms with Crippen molar-refractivity contribution in [3.8, 4) is 0 Å². The molecule has 2 heterocycles. The molecule has 0 saturated carbocycles. The van der Waals surface area contributed by atoms with Crippen LogP contribution in [0.15, 0.2) is 30.3 Å². The molecule has 1 aliphatic heterocycles. The minimum Gasteiger partial charge on any atom is -0.373 e. The highest BCUT2D eigenvalue weighted by atomic mass is 19.1. The Bertz CT molecular complexity index is 740. The third-order valence-electron chi connectivity index (χ3n) is 4.04. The van der Waals surface area contributed by atoms with Gasteiger partial charge in [-0.2, -0.15) is 0 Å². The van der Waals surface area contributed by atoms with Crippen molar-refractivity contribution in [2.75, 3.05) is 44.7 Å². The lowest BCUT2D eigenvalue weighted by Gasteiger charge is -2.35. The van der Waals surface area contributed by atoms with E-state index in [0.717, 1.165) is 17.7 Å². The van der Waals surface area contributed by atoms with Gasteiger partial charge in [-0.3, -0.25) is 9.69 Å². The molecule has 1 aromatic carbocycles. The summed E-state index contributed by atoms with van der Waals surface area (Å²) in [5.41, 5.74) is 5.85. The number of amides is 1. The van der Waals surface area contributed by atoms with Crippen LogP contribution in [0, 0.1) is 5.82 Å². The summed E-state index contributed by atoms with van der Waals surface area (Å²) in [5.74, 6) is 0.155. The summed E-state index contributed by atoms with van der Waals surface area (Å²) in [6.45, 7) is 2.79. The molecule has 128 valence electrons. The Morgan fingerprint density at radius 1 is 1.46 bits per heavy atom. The number of nitrogens with zero attached hydrogens (tertiary/aromatic N) is 3. The number of carbonyl (C=O) groups excluding carboxylic acids is 1. The maximum absolute atomic E-state index is 13.4. The van der Waals surface area contributed by atoms with Gasteiger partial charge in [-0.1, -0.05) is 0 Å². The van der Waals surface area contributed by atoms with Crippen LogP contribution in [0.1, 0.15) is 0 Å². The number of hydrogen-bond donors (Lipinski definition) is 1. The predicted molar refractivity (Wildman–Crippen MR) is 90.3 cm³/mol. The van der Waals surface area contributed by atoms with Crippen molar-refractivity contribution in [3.63, 3.8) is 0 Å². The Kier molecular flexibility index (Phi) is 4.92. The first-order chi connectivity index (χ1) is 11.5. The van der Waals surface area contributed by atoms with Crippen LogP contribution < -0.4 is 10.6 Å². The predicted octanol–water partition coefficient (Wildman–Crippen LogP) is 0.996. The first-order valence-corrected chi connectivity index (χ1v) is 7.91. The molecule has 1 fully saturated rings. The molecule has 24 heavy (non-hydrogen) atoms. The van der Waals surface area contributed by atoms with E-state index in [1.165, 1.54) is 12.1 Å². The average Bonchev–Trinajstić information content (AvgIpc) is 2.53. The molecule has 0 bridgehead atoms. The van der Waals surface area contributed by atoms with Crippen molar-refractivity contribution < 1.29 is 13.9 Å². The van der Waals surface area contributed by atoms with Crippen molar-refractivity contribution in [2.24, 2.45) is 5.73 Å². The fourth-order valence-electron chi connectivity index (χ4n) is 2.97. The van der Waals surface area contributed by atoms with Gasteiger partial charge in [-0.15, -0.1) is 0 Å². The van der Waals surface area contributed by atoms with E-state index in [1.807, 2.05) is 24.1 Å². The number of hydrogen-bond acceptors (Lipinski definition) is 5. The Balaban J connectivity index is 1.71. The molecule has 0 aliphatic carbocycles. The molecule has 0 unspecified atom stereocenters. The van der Waals surface area contributed by atoms with Crippen molar-refractivity contribution >= 4 is 22.6 Å². The largest absolute Gasteiger partial charge is 0.373 e. The summed E-state index contributed by atoms with van der Waals surface area (Å²) in [4.78, 5) is 19.5. The van der Waals surface area contributed by atoms with E-state index >= 15 is 0 Å². The van der Waals surface area contributed by atoms with Crippen LogP contribution in [0.3, 0.4) is 0 Å². The van der Waals surface area contributed by atoms with Gasteiger partial charge in [0.25, 0.3) is 0 Å². The molecule has 1 aromatic heterocycles. The highest BCUT2D eigenvalue weighted by Crippen LogP contribution is 2.21. The van der Waals surface area contributed by atoms with Crippen molar-refractivity contribution in [3.05, 3.63) is 36.1 Å². The summed E-state index contributed by atoms with van der Waals surface area (Å²) >= 11 is 0. The van der Waals surface area contributed by atoms with Crippen LogP contribution in [0.4, 0.5) is 10.2 Å². The lowest BCUT2D eigenvalue weighted by atomic mass is 10.2. The second-order valence-electron chi connectivity index (χ2n) is 6.11. The number of nitrogens with two attached hydrogens (primary N) is 1. The highest BCUT2D eigenvalue weighted by Gasteiger charge is 2.23. The molecular weight excluding hydrogens is 311 g/mol. The van der Waals surface area contributed by atoms with E-state index in [-0.39, 0.29) is 24.4 Å². The zero-order valence-corrected chi connectivity index (χ0v) is 13.6. The molecule has 6 nitrogen and oxygen atoms in total. The minimum atomic E-state index is -0.358. The van der Waals surface area contributed by atoms with Crippen LogP contribution in [-0.4, -0.2) is 61.7 Å². The SMILES string of the molecule is CN(CC(N)=O)C[C@@H]1CN(c2ccc3ccc(F)cc3n2)CCO1. The van der Waals surface area contributed by atoms with E-state index in [1.54, 1.807) is 6.07 Å². The topological polar surface area (TPSA) is 71.7 Å². The summed E-state index contributed by atoms with van der Waals surface area (Å²) in [5, 5.41) is 0.908. The lowest BCUT2D eigenvalue weighted by molar-refractivity contribution is -0.119. The summed E-state index contributed by atoms with van der Waals surface area (Å²) in [6.07, 6.45) is -0.0342. The zero-order valence-electron chi connectivity index (χ0n) is 13.6. The maximum Gasteiger partial charge on any atom is 0.231 e. The third kappa shape index (κ3) is 3.98. The summed E-state index contributed by atoms with van der Waals surface area (Å²) < 4.78 is 19.2. The van der Waals surface area contributed by atoms with Crippen LogP contribution in [-0.2, 0) is 9.53 Å². The number of halogens is 1. The van der Waals surface area contributed by atoms with Crippen molar-refractivity contribution in [1.29, 1.82) is 0 Å². The van der Waals surface area contributed by atoms with Crippen LogP contribution in [0.25, 0.3) is 10.9 Å². The van der Waals surface area contributed by atoms with Gasteiger partial charge < -0.3 is 15.4 Å². The summed E-state index contributed by atoms with van der Waals surface area (Å²) in [7, 11) is 1.84. The molecule has 1 atom stereocenters. The van der Waals surface area contributed by atoms with Gasteiger partial charge in [0.1, 0.15) is 11.6 Å². The van der Waals surface area contributed by atoms with E-state index in [9.17, 15) is 9.18 Å². The molecule has 0 spiro atoms. The number of likely N-dealkylation sites (N-methyl/N-ethyl adjacent to an activating group) is 1. The Hall–Kier alpha value is -2.25. The normalized spacial score (nSPS) is 18.3. The number of aromatic nitrogens is 1. The molecule has 1 saturated heterocycles. The lowest BCUT2D eigenvalue weighted by Crippen LogP contribution is -2.48. The van der Waals surface area contributed by atoms with Crippen molar-refractivity contribution in [1.82, 2.24) is 9.88 Å². The van der Waals surface area contributed by atoms with E-state index in [2.05, 4.69) is 9.88 Å². The van der Waals surface area contributed by atoms with Gasteiger partial charge in [0.05, 0.1) is 24.8 Å². The van der Waals surface area contributed by atoms with Crippen LogP contribution >= 0.6 is 0 Å². The maximum atomic E-state index is 13.4. The Morgan fingerprint density at radius 3 is 3.04 bits per heavy atom. The van der Waals surface area contributed by atoms with Crippen LogP contribution in [0.5, 0.6) is 0 Å². The fraction of sp³-hybridized carbons (Fsp3) is 0.412. The quantitative estimate of drug-likeness (QED) is 0.884. The van der Waals surface area contributed by atoms with Gasteiger partial charge in [0, 0.05) is 31.1 Å². The minimum absolute atomic E-state index is 0.0342. The number of benzene rings is 1. The average molecular weight is 332 g/mol. The van der Waals surface area contributed by atoms with E-state index in [0.29, 0.717) is 25.2 Å². The van der Waals surface area contributed by atoms with Gasteiger partial charge in [0.2, 0.25) is 5.91 Å². The first kappa shape index (κ1) is 16.6. The number of rotatable bonds is 5. The Labute approximate surface area is 140 Å². The smallest absolute Gasteiger partial charge is 0.231 e. The number of primary amides is 1. The number of carbonyl (C=O) groups is 1. The number of fused-ring (bicyclic) bond motifs is 1. The first-order valence-electron chi connectivity index (χ1n) is 7.91. The molecule has 3 rings (SSSR count). The number of ether oxygens (including phenoxy) is 1. The fourth-order valence-corrected chi connectivity index (χ4v) is 2.97. The zero-order chi connectivity index (χ0) is 17.1. The number of morpholine rings is 1. The molecule has 7 heteroatoms. The number of pyridine rings is 1. The molecule has 1 aliphatic rings. The second kappa shape index (κ2) is 7.11. The third-order valence-corrected chi connectivity index (χ3v) is 4.04.